The largest absolute Gasteiger partial charge is 0.544 e. The van der Waals surface area contributed by atoms with E-state index in [0.29, 0.717) is 5.19 Å². The molecule has 2 aromatic carbocycles. The molecular formula is C14H12O5Si. The molecule has 0 unspecified atom stereocenters. The molecule has 0 bridgehead atoms. The van der Waals surface area contributed by atoms with Gasteiger partial charge in [0.05, 0.1) is 11.1 Å². The van der Waals surface area contributed by atoms with Gasteiger partial charge in [0.2, 0.25) is 0 Å². The zero-order valence-corrected chi connectivity index (χ0v) is 11.9. The van der Waals surface area contributed by atoms with Crippen LogP contribution in [0.4, 0.5) is 0 Å². The Bertz CT molecular complexity index is 596. The first-order valence-electron chi connectivity index (χ1n) is 5.86. The summed E-state index contributed by atoms with van der Waals surface area (Å²) < 4.78 is 5.57. The van der Waals surface area contributed by atoms with Gasteiger partial charge in [-0.3, -0.25) is 0 Å². The third-order valence-electron chi connectivity index (χ3n) is 2.75. The Labute approximate surface area is 117 Å². The van der Waals surface area contributed by atoms with Gasteiger partial charge in [0.15, 0.2) is 0 Å². The molecule has 0 aliphatic rings. The molecular weight excluding hydrogens is 276 g/mol. The molecule has 102 valence electrons. The van der Waals surface area contributed by atoms with Crippen LogP contribution in [0.1, 0.15) is 20.7 Å². The summed E-state index contributed by atoms with van der Waals surface area (Å²) >= 11 is 0. The molecule has 0 aromatic heterocycles. The van der Waals surface area contributed by atoms with Gasteiger partial charge in [0.25, 0.3) is 9.76 Å². The SMILES string of the molecule is O=C(O)c1ccccc1O[SiH2]c1ccccc1C(=O)O. The van der Waals surface area contributed by atoms with Crippen molar-refractivity contribution < 1.29 is 24.2 Å². The lowest BCUT2D eigenvalue weighted by molar-refractivity contribution is 0.0685. The van der Waals surface area contributed by atoms with Crippen molar-refractivity contribution in [2.75, 3.05) is 0 Å². The van der Waals surface area contributed by atoms with Crippen LogP contribution in [0, 0.1) is 0 Å². The Morgan fingerprint density at radius 2 is 1.40 bits per heavy atom. The van der Waals surface area contributed by atoms with Crippen molar-refractivity contribution in [3.05, 3.63) is 59.7 Å². The topological polar surface area (TPSA) is 83.8 Å². The highest BCUT2D eigenvalue weighted by Crippen LogP contribution is 2.17. The second-order valence-electron chi connectivity index (χ2n) is 4.05. The summed E-state index contributed by atoms with van der Waals surface area (Å²) in [6.45, 7) is 0. The molecule has 0 amide bonds. The van der Waals surface area contributed by atoms with Crippen LogP contribution < -0.4 is 9.61 Å². The Morgan fingerprint density at radius 3 is 2.05 bits per heavy atom. The minimum atomic E-state index is -1.38. The maximum Gasteiger partial charge on any atom is 0.339 e. The van der Waals surface area contributed by atoms with E-state index >= 15 is 0 Å². The second-order valence-corrected chi connectivity index (χ2v) is 5.39. The predicted molar refractivity (Wildman–Crippen MR) is 75.6 cm³/mol. The fourth-order valence-electron chi connectivity index (χ4n) is 1.78. The van der Waals surface area contributed by atoms with E-state index in [1.807, 2.05) is 0 Å². The smallest absolute Gasteiger partial charge is 0.339 e. The van der Waals surface area contributed by atoms with Crippen LogP contribution >= 0.6 is 0 Å². The molecule has 0 aliphatic carbocycles. The number of benzene rings is 2. The van der Waals surface area contributed by atoms with Crippen LogP contribution in [0.3, 0.4) is 0 Å². The monoisotopic (exact) mass is 288 g/mol. The van der Waals surface area contributed by atoms with E-state index in [9.17, 15) is 9.59 Å². The van der Waals surface area contributed by atoms with Crippen molar-refractivity contribution in [3.63, 3.8) is 0 Å². The van der Waals surface area contributed by atoms with Crippen LogP contribution in [-0.2, 0) is 0 Å². The Hall–Kier alpha value is -2.60. The highest BCUT2D eigenvalue weighted by molar-refractivity contribution is 6.50. The van der Waals surface area contributed by atoms with Gasteiger partial charge in [0, 0.05) is 0 Å². The van der Waals surface area contributed by atoms with Gasteiger partial charge >= 0.3 is 11.9 Å². The van der Waals surface area contributed by atoms with Gasteiger partial charge in [0.1, 0.15) is 5.75 Å². The van der Waals surface area contributed by atoms with Gasteiger partial charge in [-0.25, -0.2) is 9.59 Å². The lowest BCUT2D eigenvalue weighted by Crippen LogP contribution is -2.27. The fraction of sp³-hybridized carbons (Fsp3) is 0. The van der Waals surface area contributed by atoms with E-state index in [4.69, 9.17) is 14.6 Å². The van der Waals surface area contributed by atoms with Crippen molar-refractivity contribution in [1.29, 1.82) is 0 Å². The quantitative estimate of drug-likeness (QED) is 0.798. The lowest BCUT2D eigenvalue weighted by atomic mass is 10.2. The average Bonchev–Trinajstić information content (AvgIpc) is 2.45. The summed E-state index contributed by atoms with van der Waals surface area (Å²) in [5.41, 5.74) is 0.278. The summed E-state index contributed by atoms with van der Waals surface area (Å²) in [7, 11) is -1.38. The van der Waals surface area contributed by atoms with E-state index in [1.54, 1.807) is 36.4 Å². The number of carboxylic acids is 2. The molecule has 20 heavy (non-hydrogen) atoms. The van der Waals surface area contributed by atoms with Crippen molar-refractivity contribution in [2.24, 2.45) is 0 Å². The van der Waals surface area contributed by atoms with Crippen LogP contribution in [0.2, 0.25) is 0 Å². The Kier molecular flexibility index (Phi) is 4.16. The number of aromatic carboxylic acids is 2. The second kappa shape index (κ2) is 6.03. The van der Waals surface area contributed by atoms with Crippen LogP contribution in [0.5, 0.6) is 5.75 Å². The van der Waals surface area contributed by atoms with Crippen molar-refractivity contribution in [2.45, 2.75) is 0 Å². The Balaban J connectivity index is 2.22. The summed E-state index contributed by atoms with van der Waals surface area (Å²) in [5.74, 6) is -1.81. The van der Waals surface area contributed by atoms with Crippen molar-refractivity contribution >= 4 is 26.9 Å². The van der Waals surface area contributed by atoms with E-state index in [1.165, 1.54) is 12.1 Å². The summed E-state index contributed by atoms with van der Waals surface area (Å²) in [5, 5.41) is 18.8. The molecule has 0 radical (unpaired) electrons. The van der Waals surface area contributed by atoms with E-state index in [2.05, 4.69) is 0 Å². The van der Waals surface area contributed by atoms with Crippen molar-refractivity contribution in [1.82, 2.24) is 0 Å². The molecule has 0 aliphatic heterocycles. The number of carboxylic acid groups (broad SMARTS) is 2. The van der Waals surface area contributed by atoms with Gasteiger partial charge in [-0.05, 0) is 23.4 Å². The van der Waals surface area contributed by atoms with Gasteiger partial charge < -0.3 is 14.6 Å². The molecule has 6 heteroatoms. The number of rotatable bonds is 5. The average molecular weight is 288 g/mol. The van der Waals surface area contributed by atoms with Crippen LogP contribution in [0.25, 0.3) is 0 Å². The van der Waals surface area contributed by atoms with Gasteiger partial charge in [-0.2, -0.15) is 0 Å². The molecule has 0 fully saturated rings. The minimum Gasteiger partial charge on any atom is -0.544 e. The van der Waals surface area contributed by atoms with E-state index in [0.717, 1.165) is 0 Å². The van der Waals surface area contributed by atoms with Crippen LogP contribution in [-0.4, -0.2) is 31.9 Å². The third-order valence-corrected chi connectivity index (χ3v) is 4.13. The summed E-state index contributed by atoms with van der Waals surface area (Å²) in [6.07, 6.45) is 0. The molecule has 0 atom stereocenters. The highest BCUT2D eigenvalue weighted by Gasteiger charge is 2.13. The molecule has 0 saturated heterocycles. The molecule has 2 aromatic rings. The highest BCUT2D eigenvalue weighted by atomic mass is 28.2. The fourth-order valence-corrected chi connectivity index (χ4v) is 3.00. The van der Waals surface area contributed by atoms with Gasteiger partial charge in [-0.1, -0.05) is 30.3 Å². The summed E-state index contributed by atoms with van der Waals surface area (Å²) in [6, 6.07) is 12.9. The molecule has 2 rings (SSSR count). The zero-order chi connectivity index (χ0) is 14.5. The van der Waals surface area contributed by atoms with E-state index in [-0.39, 0.29) is 16.9 Å². The number of para-hydroxylation sites is 1. The molecule has 2 N–H and O–H groups in total. The van der Waals surface area contributed by atoms with Crippen molar-refractivity contribution in [3.8, 4) is 5.75 Å². The Morgan fingerprint density at radius 1 is 0.850 bits per heavy atom. The lowest BCUT2D eigenvalue weighted by Gasteiger charge is -2.10. The first kappa shape index (κ1) is 13.8. The van der Waals surface area contributed by atoms with Gasteiger partial charge in [-0.15, -0.1) is 0 Å². The molecule has 0 heterocycles. The van der Waals surface area contributed by atoms with E-state index < -0.39 is 21.7 Å². The standard InChI is InChI=1S/C14H12O5Si/c15-13(16)9-5-1-3-7-11(9)19-20-12-8-4-2-6-10(12)14(17)18/h1-8H,20H2,(H,15,16)(H,17,18). The predicted octanol–water partition coefficient (Wildman–Crippen LogP) is 0.871. The normalized spacial score (nSPS) is 10.6. The third kappa shape index (κ3) is 3.04. The number of carbonyl (C=O) groups is 2. The maximum atomic E-state index is 11.1. The first-order valence-corrected chi connectivity index (χ1v) is 7.14. The summed E-state index contributed by atoms with van der Waals surface area (Å²) in [4.78, 5) is 22.1. The first-order chi connectivity index (χ1) is 9.59. The molecule has 5 nitrogen and oxygen atoms in total. The number of hydrogen-bond acceptors (Lipinski definition) is 3. The maximum absolute atomic E-state index is 11.1. The van der Waals surface area contributed by atoms with Crippen LogP contribution in [0.15, 0.2) is 48.5 Å². The minimum absolute atomic E-state index is 0.0767. The number of hydrogen-bond donors (Lipinski definition) is 2. The molecule has 0 spiro atoms. The zero-order valence-electron chi connectivity index (χ0n) is 10.4. The molecule has 0 saturated carbocycles.